The molecule has 1 aliphatic carbocycles. The van der Waals surface area contributed by atoms with Gasteiger partial charge in [0, 0.05) is 23.3 Å². The summed E-state index contributed by atoms with van der Waals surface area (Å²) in [5.74, 6) is 1.61. The highest BCUT2D eigenvalue weighted by atomic mass is 35.5. The number of aliphatic hydroxyl groups excluding tert-OH is 1. The van der Waals surface area contributed by atoms with Gasteiger partial charge in [-0.2, -0.15) is 0 Å². The molecule has 3 aliphatic rings. The van der Waals surface area contributed by atoms with Crippen LogP contribution in [0.15, 0.2) is 23.2 Å². The molecule has 42 heavy (non-hydrogen) atoms. The summed E-state index contributed by atoms with van der Waals surface area (Å²) in [5.41, 5.74) is 3.53. The highest BCUT2D eigenvalue weighted by molar-refractivity contribution is 6.33. The number of halogens is 2. The molecule has 230 valence electrons. The minimum atomic E-state index is -0.566. The van der Waals surface area contributed by atoms with Crippen LogP contribution in [0.1, 0.15) is 94.9 Å². The lowest BCUT2D eigenvalue weighted by atomic mass is 9.94. The molecule has 2 fully saturated rings. The van der Waals surface area contributed by atoms with Crippen LogP contribution < -0.4 is 10.1 Å². The molecule has 0 saturated carbocycles. The summed E-state index contributed by atoms with van der Waals surface area (Å²) in [6.07, 6.45) is 7.17. The third-order valence-electron chi connectivity index (χ3n) is 8.64. The van der Waals surface area contributed by atoms with Gasteiger partial charge in [-0.05, 0) is 68.7 Å². The van der Waals surface area contributed by atoms with Crippen molar-refractivity contribution in [1.29, 1.82) is 0 Å². The van der Waals surface area contributed by atoms with E-state index in [2.05, 4.69) is 26.1 Å². The highest BCUT2D eigenvalue weighted by Crippen LogP contribution is 2.40. The molecular weight excluding hydrogens is 557 g/mol. The minimum absolute atomic E-state index is 0.106. The topological polar surface area (TPSA) is 85.2 Å². The molecule has 0 spiro atoms. The van der Waals surface area contributed by atoms with Gasteiger partial charge >= 0.3 is 0 Å². The normalized spacial score (nSPS) is 25.2. The zero-order chi connectivity index (χ0) is 29.8. The maximum atomic E-state index is 15.5. The molecule has 1 aromatic carbocycles. The Labute approximate surface area is 254 Å². The third kappa shape index (κ3) is 6.93. The van der Waals surface area contributed by atoms with E-state index < -0.39 is 6.10 Å². The van der Waals surface area contributed by atoms with Gasteiger partial charge in [0.1, 0.15) is 29.6 Å². The van der Waals surface area contributed by atoms with Crippen molar-refractivity contribution in [1.82, 2.24) is 4.98 Å². The molecule has 2 aromatic rings. The van der Waals surface area contributed by atoms with Crippen molar-refractivity contribution in [2.24, 2.45) is 10.9 Å². The summed E-state index contributed by atoms with van der Waals surface area (Å²) in [5, 5.41) is 14.0. The molecule has 3 heterocycles. The number of aliphatic imine (C=N–C) groups is 1. The monoisotopic (exact) mass is 601 g/mol. The third-order valence-corrected chi connectivity index (χ3v) is 8.93. The Balaban J connectivity index is 1.33. The molecule has 2 aliphatic heterocycles. The Morgan fingerprint density at radius 3 is 2.64 bits per heavy atom. The van der Waals surface area contributed by atoms with Gasteiger partial charge in [0.05, 0.1) is 36.5 Å². The number of nitrogens with one attached hydrogen (secondary N) is 1. The van der Waals surface area contributed by atoms with E-state index in [-0.39, 0.29) is 36.1 Å². The van der Waals surface area contributed by atoms with Crippen LogP contribution in [0.2, 0.25) is 5.02 Å². The maximum absolute atomic E-state index is 15.5. The van der Waals surface area contributed by atoms with Crippen molar-refractivity contribution in [3.05, 3.63) is 45.7 Å². The summed E-state index contributed by atoms with van der Waals surface area (Å²) in [4.78, 5) is 9.83. The smallest absolute Gasteiger partial charge is 0.157 e. The van der Waals surface area contributed by atoms with Crippen molar-refractivity contribution < 1.29 is 23.7 Å². The first-order valence-corrected chi connectivity index (χ1v) is 16.1. The van der Waals surface area contributed by atoms with E-state index in [1.807, 2.05) is 19.1 Å². The van der Waals surface area contributed by atoms with Crippen LogP contribution in [0.5, 0.6) is 5.75 Å². The van der Waals surface area contributed by atoms with E-state index in [9.17, 15) is 5.11 Å². The van der Waals surface area contributed by atoms with E-state index in [1.165, 1.54) is 6.07 Å². The molecular formula is C33H45ClFN3O4. The summed E-state index contributed by atoms with van der Waals surface area (Å²) >= 11 is 6.65. The number of ether oxygens (including phenoxy) is 3. The molecule has 0 amide bonds. The number of anilines is 1. The van der Waals surface area contributed by atoms with Gasteiger partial charge in [0.25, 0.3) is 0 Å². The maximum Gasteiger partial charge on any atom is 0.157 e. The number of benzene rings is 1. The molecule has 5 rings (SSSR count). The number of pyridine rings is 1. The fourth-order valence-corrected chi connectivity index (χ4v) is 6.89. The van der Waals surface area contributed by atoms with E-state index in [0.717, 1.165) is 74.6 Å². The highest BCUT2D eigenvalue weighted by Gasteiger charge is 2.47. The van der Waals surface area contributed by atoms with Crippen LogP contribution in [-0.4, -0.2) is 53.4 Å². The molecule has 3 unspecified atom stereocenters. The van der Waals surface area contributed by atoms with Crippen LogP contribution in [-0.2, 0) is 15.9 Å². The predicted octanol–water partition coefficient (Wildman–Crippen LogP) is 7.67. The fraction of sp³-hybridized carbons (Fsp3) is 0.636. The quantitative estimate of drug-likeness (QED) is 0.229. The van der Waals surface area contributed by atoms with Crippen molar-refractivity contribution in [2.75, 3.05) is 18.5 Å². The van der Waals surface area contributed by atoms with Crippen LogP contribution in [0.3, 0.4) is 0 Å². The van der Waals surface area contributed by atoms with E-state index in [4.69, 9.17) is 35.8 Å². The number of hydrogen-bond acceptors (Lipinski definition) is 7. The fourth-order valence-electron chi connectivity index (χ4n) is 6.63. The number of aromatic nitrogens is 1. The SMILES string of the molecule is CCCC(CC1CO[C@@H]2C(O)CO[C@H]12)=Nc1nc(NC2CCc3cc(OC(CCC)CCC)cc(F)c32)c(Cl)cc1C. The van der Waals surface area contributed by atoms with Gasteiger partial charge in [-0.15, -0.1) is 0 Å². The molecule has 0 bridgehead atoms. The van der Waals surface area contributed by atoms with Gasteiger partial charge in [-0.25, -0.2) is 14.4 Å². The second-order valence-electron chi connectivity index (χ2n) is 12.0. The number of nitrogens with zero attached hydrogens (tertiary/aromatic N) is 2. The largest absolute Gasteiger partial charge is 0.490 e. The second kappa shape index (κ2) is 14.0. The number of aliphatic hydroxyl groups is 1. The first kappa shape index (κ1) is 31.2. The van der Waals surface area contributed by atoms with Crippen LogP contribution in [0.25, 0.3) is 0 Å². The van der Waals surface area contributed by atoms with Gasteiger partial charge < -0.3 is 24.6 Å². The van der Waals surface area contributed by atoms with Crippen LogP contribution in [0, 0.1) is 18.7 Å². The van der Waals surface area contributed by atoms with Crippen molar-refractivity contribution >= 4 is 28.9 Å². The molecule has 7 nitrogen and oxygen atoms in total. The Kier molecular flexibility index (Phi) is 10.4. The molecule has 2 N–H and O–H groups in total. The van der Waals surface area contributed by atoms with E-state index >= 15 is 4.39 Å². The Morgan fingerprint density at radius 1 is 1.14 bits per heavy atom. The Morgan fingerprint density at radius 2 is 1.90 bits per heavy atom. The molecule has 9 heteroatoms. The summed E-state index contributed by atoms with van der Waals surface area (Å²) in [6.45, 7) is 9.24. The lowest BCUT2D eigenvalue weighted by Crippen LogP contribution is -2.29. The van der Waals surface area contributed by atoms with Crippen molar-refractivity contribution in [3.63, 3.8) is 0 Å². The summed E-state index contributed by atoms with van der Waals surface area (Å²) < 4.78 is 33.4. The number of hydrogen-bond donors (Lipinski definition) is 2. The predicted molar refractivity (Wildman–Crippen MR) is 165 cm³/mol. The van der Waals surface area contributed by atoms with Crippen LogP contribution in [0.4, 0.5) is 16.0 Å². The number of rotatable bonds is 13. The summed E-state index contributed by atoms with van der Waals surface area (Å²) in [7, 11) is 0. The second-order valence-corrected chi connectivity index (χ2v) is 12.5. The number of fused-ring (bicyclic) bond motifs is 2. The zero-order valence-electron chi connectivity index (χ0n) is 25.3. The van der Waals surface area contributed by atoms with Crippen LogP contribution >= 0.6 is 11.6 Å². The van der Waals surface area contributed by atoms with E-state index in [1.54, 1.807) is 0 Å². The minimum Gasteiger partial charge on any atom is -0.490 e. The average molecular weight is 602 g/mol. The average Bonchev–Trinajstić information content (AvgIpc) is 3.64. The Hall–Kier alpha value is -2.26. The number of aryl methyl sites for hydroxylation is 2. The lowest BCUT2D eigenvalue weighted by Gasteiger charge is -2.20. The van der Waals surface area contributed by atoms with Gasteiger partial charge in [0.2, 0.25) is 0 Å². The van der Waals surface area contributed by atoms with Gasteiger partial charge in [0.15, 0.2) is 5.82 Å². The first-order valence-electron chi connectivity index (χ1n) is 15.7. The molecule has 2 saturated heterocycles. The van der Waals surface area contributed by atoms with Crippen molar-refractivity contribution in [3.8, 4) is 5.75 Å². The first-order chi connectivity index (χ1) is 20.3. The lowest BCUT2D eigenvalue weighted by molar-refractivity contribution is 0.0170. The van der Waals surface area contributed by atoms with Gasteiger partial charge in [-0.1, -0.05) is 51.6 Å². The Bertz CT molecular complexity index is 1270. The van der Waals surface area contributed by atoms with Gasteiger partial charge in [-0.3, -0.25) is 0 Å². The molecule has 0 radical (unpaired) electrons. The van der Waals surface area contributed by atoms with Crippen molar-refractivity contribution in [2.45, 2.75) is 116 Å². The standard InChI is InChI=1S/C33H45ClFN3O4/c1-5-8-22(14-21-17-40-31-28(39)18-41-30(21)31)36-32-19(4)13-25(34)33(38-32)37-27-12-11-20-15-24(16-26(35)29(20)27)42-23(9-6-2)10-7-3/h13,15-16,21,23,27-28,30-31,39H,5-12,14,17-18H2,1-4H3,(H,37,38)/t21?,27?,28?,30-,31-/m1/s1. The molecule has 1 aromatic heterocycles. The molecule has 5 atom stereocenters. The van der Waals surface area contributed by atoms with E-state index in [0.29, 0.717) is 41.2 Å². The summed E-state index contributed by atoms with van der Waals surface area (Å²) in [6, 6.07) is 5.15. The zero-order valence-corrected chi connectivity index (χ0v) is 26.1.